The van der Waals surface area contributed by atoms with Gasteiger partial charge in [-0.15, -0.1) is 11.8 Å². The molecule has 4 rings (SSSR count). The fraction of sp³-hybridized carbons (Fsp3) is 0.640. The highest BCUT2D eigenvalue weighted by atomic mass is 35.5. The van der Waals surface area contributed by atoms with Crippen molar-refractivity contribution < 1.29 is 19.5 Å². The summed E-state index contributed by atoms with van der Waals surface area (Å²) in [6.07, 6.45) is 2.90. The van der Waals surface area contributed by atoms with Crippen LogP contribution < -0.4 is 10.6 Å². The summed E-state index contributed by atoms with van der Waals surface area (Å²) in [7, 11) is 0. The molecule has 2 unspecified atom stereocenters. The van der Waals surface area contributed by atoms with Crippen molar-refractivity contribution in [2.45, 2.75) is 68.5 Å². The number of nitrogens with one attached hydrogen (secondary N) is 2. The van der Waals surface area contributed by atoms with Gasteiger partial charge in [0.2, 0.25) is 17.7 Å². The Morgan fingerprint density at radius 3 is 2.59 bits per heavy atom. The number of thioether (sulfide) groups is 1. The maximum atomic E-state index is 14.0. The highest BCUT2D eigenvalue weighted by molar-refractivity contribution is 8.02. The molecule has 7 nitrogen and oxygen atoms in total. The molecular weight excluding hydrogens is 474 g/mol. The third-order valence-electron chi connectivity index (χ3n) is 7.30. The van der Waals surface area contributed by atoms with Crippen LogP contribution in [-0.2, 0) is 14.4 Å². The lowest BCUT2D eigenvalue weighted by Crippen LogP contribution is -2.55. The highest BCUT2D eigenvalue weighted by Gasteiger charge is 2.74. The van der Waals surface area contributed by atoms with Crippen LogP contribution in [0.3, 0.4) is 0 Å². The fourth-order valence-corrected chi connectivity index (χ4v) is 8.35. The molecule has 9 heteroatoms. The Morgan fingerprint density at radius 1 is 1.26 bits per heavy atom. The van der Waals surface area contributed by atoms with Gasteiger partial charge in [0.1, 0.15) is 6.04 Å². The lowest BCUT2D eigenvalue weighted by atomic mass is 9.70. The van der Waals surface area contributed by atoms with Crippen molar-refractivity contribution in [1.82, 2.24) is 10.2 Å². The zero-order chi connectivity index (χ0) is 24.6. The molecule has 0 saturated carbocycles. The van der Waals surface area contributed by atoms with E-state index in [2.05, 4.69) is 10.6 Å². The van der Waals surface area contributed by atoms with Crippen LogP contribution in [0.15, 0.2) is 24.3 Å². The number of benzene rings is 1. The van der Waals surface area contributed by atoms with Gasteiger partial charge in [0.05, 0.1) is 29.2 Å². The number of carbonyl (C=O) groups excluding carboxylic acids is 3. The van der Waals surface area contributed by atoms with E-state index in [0.29, 0.717) is 30.1 Å². The molecule has 0 aromatic heterocycles. The van der Waals surface area contributed by atoms with Crippen LogP contribution in [0.4, 0.5) is 5.69 Å². The van der Waals surface area contributed by atoms with Gasteiger partial charge in [-0.1, -0.05) is 32.4 Å². The molecule has 2 bridgehead atoms. The lowest BCUT2D eigenvalue weighted by Gasteiger charge is -2.37. The molecule has 34 heavy (non-hydrogen) atoms. The first-order valence-corrected chi connectivity index (χ1v) is 13.4. The molecule has 1 aromatic rings. The number of aliphatic hydroxyl groups excluding tert-OH is 1. The number of carbonyl (C=O) groups is 3. The molecule has 0 radical (unpaired) electrons. The number of halogens is 1. The number of hydrogen-bond acceptors (Lipinski definition) is 5. The average Bonchev–Trinajstić information content (AvgIpc) is 3.44. The lowest BCUT2D eigenvalue weighted by molar-refractivity contribution is -0.142. The Morgan fingerprint density at radius 2 is 1.97 bits per heavy atom. The van der Waals surface area contributed by atoms with Crippen LogP contribution in [-0.4, -0.2) is 63.0 Å². The van der Waals surface area contributed by atoms with E-state index in [1.165, 1.54) is 0 Å². The van der Waals surface area contributed by atoms with E-state index in [4.69, 9.17) is 11.6 Å². The second kappa shape index (κ2) is 10.1. The first kappa shape index (κ1) is 25.3. The van der Waals surface area contributed by atoms with Crippen molar-refractivity contribution in [3.63, 3.8) is 0 Å². The Kier molecular flexibility index (Phi) is 7.50. The molecular formula is C25H34ClN3O4S. The van der Waals surface area contributed by atoms with Crippen LogP contribution in [0.5, 0.6) is 0 Å². The topological polar surface area (TPSA) is 98.7 Å². The van der Waals surface area contributed by atoms with E-state index in [9.17, 15) is 19.5 Å². The van der Waals surface area contributed by atoms with Crippen molar-refractivity contribution in [1.29, 1.82) is 0 Å². The number of aliphatic hydroxyl groups is 1. The van der Waals surface area contributed by atoms with Crippen molar-refractivity contribution in [3.05, 3.63) is 29.3 Å². The monoisotopic (exact) mass is 507 g/mol. The minimum atomic E-state index is -0.754. The zero-order valence-corrected chi connectivity index (χ0v) is 21.5. The number of amides is 3. The maximum Gasteiger partial charge on any atom is 0.248 e. The minimum Gasteiger partial charge on any atom is -0.394 e. The van der Waals surface area contributed by atoms with Crippen molar-refractivity contribution in [2.75, 3.05) is 18.5 Å². The molecule has 3 amide bonds. The summed E-state index contributed by atoms with van der Waals surface area (Å²) < 4.78 is -0.670. The summed E-state index contributed by atoms with van der Waals surface area (Å²) >= 11 is 7.63. The van der Waals surface area contributed by atoms with E-state index in [-0.39, 0.29) is 35.5 Å². The number of hydrogen-bond donors (Lipinski definition) is 3. The van der Waals surface area contributed by atoms with Gasteiger partial charge in [0.15, 0.2) is 0 Å². The van der Waals surface area contributed by atoms with E-state index in [1.807, 2.05) is 20.8 Å². The van der Waals surface area contributed by atoms with Gasteiger partial charge < -0.3 is 20.6 Å². The summed E-state index contributed by atoms with van der Waals surface area (Å²) in [5.41, 5.74) is 0.598. The number of rotatable bonds is 9. The van der Waals surface area contributed by atoms with E-state index in [0.717, 1.165) is 12.8 Å². The first-order chi connectivity index (χ1) is 16.2. The standard InChI is InChI=1S/C25H34ClN3O4S/c1-4-11-27-22(31)19-18-9-10-25(34-18)20(19)24(33)29(17(13-30)12-14(2)3)21(25)23(32)28-16-7-5-15(26)6-8-16/h5-8,14,17-21,30H,4,9-13H2,1-3H3,(H,27,31)(H,28,32)/t17-,18-,19+,20+,21?,25?/m1/s1. The van der Waals surface area contributed by atoms with Gasteiger partial charge in [0, 0.05) is 22.5 Å². The van der Waals surface area contributed by atoms with E-state index < -0.39 is 28.7 Å². The summed E-state index contributed by atoms with van der Waals surface area (Å²) in [6, 6.07) is 5.63. The molecule has 3 heterocycles. The average molecular weight is 508 g/mol. The molecule has 3 saturated heterocycles. The molecule has 3 aliphatic heterocycles. The predicted molar refractivity (Wildman–Crippen MR) is 135 cm³/mol. The van der Waals surface area contributed by atoms with Gasteiger partial charge >= 0.3 is 0 Å². The maximum absolute atomic E-state index is 14.0. The quantitative estimate of drug-likeness (QED) is 0.476. The zero-order valence-electron chi connectivity index (χ0n) is 19.9. The van der Waals surface area contributed by atoms with Crippen LogP contribution in [0, 0.1) is 17.8 Å². The number of likely N-dealkylation sites (tertiary alicyclic amines) is 1. The summed E-state index contributed by atoms with van der Waals surface area (Å²) in [4.78, 5) is 42.5. The van der Waals surface area contributed by atoms with Crippen LogP contribution in [0.25, 0.3) is 0 Å². The second-order valence-corrected chi connectivity index (χ2v) is 12.1. The van der Waals surface area contributed by atoms with Crippen LogP contribution in [0.2, 0.25) is 5.02 Å². The second-order valence-electron chi connectivity index (χ2n) is 10.1. The molecule has 3 aliphatic rings. The number of fused-ring (bicyclic) bond motifs is 1. The normalized spacial score (nSPS) is 30.5. The van der Waals surface area contributed by atoms with E-state index >= 15 is 0 Å². The van der Waals surface area contributed by atoms with Crippen LogP contribution in [0.1, 0.15) is 46.5 Å². The number of anilines is 1. The molecule has 0 aliphatic carbocycles. The van der Waals surface area contributed by atoms with E-state index in [1.54, 1.807) is 40.9 Å². The largest absolute Gasteiger partial charge is 0.394 e. The minimum absolute atomic E-state index is 0.0245. The first-order valence-electron chi connectivity index (χ1n) is 12.2. The van der Waals surface area contributed by atoms with Crippen molar-refractivity contribution in [3.8, 4) is 0 Å². The summed E-state index contributed by atoms with van der Waals surface area (Å²) in [6.45, 7) is 6.41. The Hall–Kier alpha value is -1.77. The SMILES string of the molecule is CCCNC(=O)[C@@H]1[C@H]2C(=O)N([C@@H](CO)CC(C)C)C(C(=O)Nc3ccc(Cl)cc3)C23CC[C@H]1S3. The Labute approximate surface area is 210 Å². The van der Waals surface area contributed by atoms with Gasteiger partial charge in [-0.2, -0.15) is 0 Å². The molecule has 186 valence electrons. The van der Waals surface area contributed by atoms with Crippen molar-refractivity contribution >= 4 is 46.8 Å². The molecule has 3 fully saturated rings. The van der Waals surface area contributed by atoms with Gasteiger partial charge in [-0.3, -0.25) is 14.4 Å². The number of nitrogens with zero attached hydrogens (tertiary/aromatic N) is 1. The highest BCUT2D eigenvalue weighted by Crippen LogP contribution is 2.66. The predicted octanol–water partition coefficient (Wildman–Crippen LogP) is 3.30. The van der Waals surface area contributed by atoms with Crippen LogP contribution >= 0.6 is 23.4 Å². The Balaban J connectivity index is 1.71. The third kappa shape index (κ3) is 4.33. The molecule has 1 spiro atoms. The van der Waals surface area contributed by atoms with Gasteiger partial charge in [-0.25, -0.2) is 0 Å². The fourth-order valence-electron chi connectivity index (χ4n) is 6.01. The van der Waals surface area contributed by atoms with Gasteiger partial charge in [-0.05, 0) is 55.9 Å². The Bertz CT molecular complexity index is 943. The third-order valence-corrected chi connectivity index (χ3v) is 9.50. The summed E-state index contributed by atoms with van der Waals surface area (Å²) in [5.74, 6) is -1.33. The van der Waals surface area contributed by atoms with Gasteiger partial charge in [0.25, 0.3) is 0 Å². The van der Waals surface area contributed by atoms with Crippen molar-refractivity contribution in [2.24, 2.45) is 17.8 Å². The molecule has 1 aromatic carbocycles. The molecule has 3 N–H and O–H groups in total. The summed E-state index contributed by atoms with van der Waals surface area (Å²) in [5, 5.41) is 16.8. The molecule has 6 atom stereocenters. The smallest absolute Gasteiger partial charge is 0.248 e.